The Bertz CT molecular complexity index is 413. The first-order chi connectivity index (χ1) is 7.90. The van der Waals surface area contributed by atoms with Gasteiger partial charge in [-0.25, -0.2) is 4.79 Å². The number of aromatic nitrogens is 2. The molecule has 0 radical (unpaired) electrons. The molecule has 7 heteroatoms. The van der Waals surface area contributed by atoms with Crippen LogP contribution in [0.2, 0.25) is 0 Å². The van der Waals surface area contributed by atoms with Crippen LogP contribution in [-0.4, -0.2) is 28.2 Å². The maximum absolute atomic E-state index is 11.9. The number of aromatic amines is 1. The number of urea groups is 1. The predicted molar refractivity (Wildman–Crippen MR) is 63.3 cm³/mol. The van der Waals surface area contributed by atoms with Gasteiger partial charge in [-0.15, -0.1) is 0 Å². The van der Waals surface area contributed by atoms with Crippen molar-refractivity contribution in [3.8, 4) is 0 Å². The minimum absolute atomic E-state index is 0.0671. The zero-order chi connectivity index (χ0) is 13.0. The molecule has 3 amide bonds. The lowest BCUT2D eigenvalue weighted by Gasteiger charge is -2.19. The van der Waals surface area contributed by atoms with Gasteiger partial charge in [0.15, 0.2) is 5.82 Å². The van der Waals surface area contributed by atoms with Crippen LogP contribution in [0.15, 0.2) is 6.07 Å². The summed E-state index contributed by atoms with van der Waals surface area (Å²) in [6, 6.07) is 0.293. The summed E-state index contributed by atoms with van der Waals surface area (Å²) in [5.41, 5.74) is 5.85. The van der Waals surface area contributed by atoms with E-state index in [0.717, 1.165) is 5.69 Å². The SMILES string of the molecule is Cc1cc(NC(=O)C(NC(N)=O)C(C)C)n[nH]1. The first kappa shape index (κ1) is 13.0. The van der Waals surface area contributed by atoms with Crippen LogP contribution in [0.3, 0.4) is 0 Å². The van der Waals surface area contributed by atoms with Crippen molar-refractivity contribution in [2.24, 2.45) is 11.7 Å². The first-order valence-corrected chi connectivity index (χ1v) is 5.29. The van der Waals surface area contributed by atoms with E-state index >= 15 is 0 Å². The second-order valence-corrected chi connectivity index (χ2v) is 4.16. The number of carbonyl (C=O) groups excluding carboxylic acids is 2. The van der Waals surface area contributed by atoms with Gasteiger partial charge in [-0.1, -0.05) is 13.8 Å². The highest BCUT2D eigenvalue weighted by Gasteiger charge is 2.23. The summed E-state index contributed by atoms with van der Waals surface area (Å²) in [5, 5.41) is 11.6. The number of H-pyrrole nitrogens is 1. The molecule has 7 nitrogen and oxygen atoms in total. The molecule has 1 rings (SSSR count). The Hall–Kier alpha value is -2.05. The number of primary amides is 1. The molecule has 0 saturated carbocycles. The smallest absolute Gasteiger partial charge is 0.312 e. The van der Waals surface area contributed by atoms with E-state index in [-0.39, 0.29) is 11.8 Å². The van der Waals surface area contributed by atoms with Crippen molar-refractivity contribution in [2.45, 2.75) is 26.8 Å². The lowest BCUT2D eigenvalue weighted by atomic mass is 10.0. The number of hydrogen-bond acceptors (Lipinski definition) is 3. The Labute approximate surface area is 99.1 Å². The predicted octanol–water partition coefficient (Wildman–Crippen LogP) is 0.350. The quantitative estimate of drug-likeness (QED) is 0.608. The number of amides is 3. The maximum atomic E-state index is 11.9. The number of aryl methyl sites for hydroxylation is 1. The molecular formula is C10H17N5O2. The number of nitrogens with one attached hydrogen (secondary N) is 3. The Balaban J connectivity index is 2.68. The van der Waals surface area contributed by atoms with Gasteiger partial charge in [-0.05, 0) is 12.8 Å². The molecule has 1 heterocycles. The molecule has 5 N–H and O–H groups in total. The van der Waals surface area contributed by atoms with E-state index in [2.05, 4.69) is 20.8 Å². The summed E-state index contributed by atoms with van der Waals surface area (Å²) in [7, 11) is 0. The third kappa shape index (κ3) is 3.78. The van der Waals surface area contributed by atoms with E-state index in [1.54, 1.807) is 6.07 Å². The van der Waals surface area contributed by atoms with E-state index in [4.69, 9.17) is 5.73 Å². The van der Waals surface area contributed by atoms with Crippen LogP contribution in [0.25, 0.3) is 0 Å². The van der Waals surface area contributed by atoms with Gasteiger partial charge < -0.3 is 16.4 Å². The third-order valence-corrected chi connectivity index (χ3v) is 2.20. The molecule has 0 saturated heterocycles. The second-order valence-electron chi connectivity index (χ2n) is 4.16. The Morgan fingerprint density at radius 3 is 2.53 bits per heavy atom. The van der Waals surface area contributed by atoms with Gasteiger partial charge in [0, 0.05) is 11.8 Å². The highest BCUT2D eigenvalue weighted by molar-refractivity contribution is 5.96. The molecule has 0 spiro atoms. The van der Waals surface area contributed by atoms with Crippen molar-refractivity contribution in [1.29, 1.82) is 0 Å². The lowest BCUT2D eigenvalue weighted by molar-refractivity contribution is -0.118. The van der Waals surface area contributed by atoms with Gasteiger partial charge in [-0.3, -0.25) is 9.89 Å². The van der Waals surface area contributed by atoms with E-state index < -0.39 is 12.1 Å². The highest BCUT2D eigenvalue weighted by atomic mass is 16.2. The van der Waals surface area contributed by atoms with E-state index in [0.29, 0.717) is 5.82 Å². The Morgan fingerprint density at radius 1 is 1.47 bits per heavy atom. The Morgan fingerprint density at radius 2 is 2.12 bits per heavy atom. The van der Waals surface area contributed by atoms with Crippen LogP contribution in [-0.2, 0) is 4.79 Å². The van der Waals surface area contributed by atoms with Crippen LogP contribution in [0.1, 0.15) is 19.5 Å². The average Bonchev–Trinajstić information content (AvgIpc) is 2.59. The summed E-state index contributed by atoms with van der Waals surface area (Å²) < 4.78 is 0. The van der Waals surface area contributed by atoms with Crippen molar-refractivity contribution in [3.05, 3.63) is 11.8 Å². The molecular weight excluding hydrogens is 222 g/mol. The minimum Gasteiger partial charge on any atom is -0.352 e. The van der Waals surface area contributed by atoms with Gasteiger partial charge in [-0.2, -0.15) is 5.10 Å². The monoisotopic (exact) mass is 239 g/mol. The van der Waals surface area contributed by atoms with Gasteiger partial charge in [0.25, 0.3) is 0 Å². The van der Waals surface area contributed by atoms with Crippen molar-refractivity contribution >= 4 is 17.8 Å². The topological polar surface area (TPSA) is 113 Å². The van der Waals surface area contributed by atoms with E-state index in [1.807, 2.05) is 20.8 Å². The van der Waals surface area contributed by atoms with E-state index in [1.165, 1.54) is 0 Å². The van der Waals surface area contributed by atoms with Crippen molar-refractivity contribution < 1.29 is 9.59 Å². The number of hydrogen-bond donors (Lipinski definition) is 4. The molecule has 0 aromatic carbocycles. The molecule has 1 atom stereocenters. The number of nitrogens with zero attached hydrogens (tertiary/aromatic N) is 1. The zero-order valence-electron chi connectivity index (χ0n) is 10.1. The fourth-order valence-corrected chi connectivity index (χ4v) is 1.37. The van der Waals surface area contributed by atoms with Crippen molar-refractivity contribution in [2.75, 3.05) is 5.32 Å². The summed E-state index contributed by atoms with van der Waals surface area (Å²) >= 11 is 0. The molecule has 17 heavy (non-hydrogen) atoms. The van der Waals surface area contributed by atoms with Crippen molar-refractivity contribution in [3.63, 3.8) is 0 Å². The molecule has 1 aromatic heterocycles. The standard InChI is InChI=1S/C10H17N5O2/c1-5(2)8(13-10(11)17)9(16)12-7-4-6(3)14-15-7/h4-5,8H,1-3H3,(H3,11,13,17)(H2,12,14,15,16). The molecule has 94 valence electrons. The fraction of sp³-hybridized carbons (Fsp3) is 0.500. The fourth-order valence-electron chi connectivity index (χ4n) is 1.37. The summed E-state index contributed by atoms with van der Waals surface area (Å²) in [6.07, 6.45) is 0. The molecule has 1 aromatic rings. The first-order valence-electron chi connectivity index (χ1n) is 5.29. The van der Waals surface area contributed by atoms with Gasteiger partial charge in [0.2, 0.25) is 5.91 Å². The number of nitrogens with two attached hydrogens (primary N) is 1. The minimum atomic E-state index is -0.725. The largest absolute Gasteiger partial charge is 0.352 e. The molecule has 1 unspecified atom stereocenters. The van der Waals surface area contributed by atoms with Crippen LogP contribution >= 0.6 is 0 Å². The van der Waals surface area contributed by atoms with Crippen LogP contribution in [0.4, 0.5) is 10.6 Å². The number of rotatable bonds is 4. The molecule has 0 aliphatic carbocycles. The molecule has 0 aliphatic heterocycles. The molecule has 0 fully saturated rings. The molecule has 0 aliphatic rings. The van der Waals surface area contributed by atoms with Crippen LogP contribution in [0.5, 0.6) is 0 Å². The molecule has 0 bridgehead atoms. The summed E-state index contributed by atoms with van der Waals surface area (Å²) in [6.45, 7) is 5.45. The zero-order valence-corrected chi connectivity index (χ0v) is 10.1. The number of carbonyl (C=O) groups is 2. The van der Waals surface area contributed by atoms with E-state index in [9.17, 15) is 9.59 Å². The summed E-state index contributed by atoms with van der Waals surface area (Å²) in [4.78, 5) is 22.6. The van der Waals surface area contributed by atoms with Crippen molar-refractivity contribution in [1.82, 2.24) is 15.5 Å². The third-order valence-electron chi connectivity index (χ3n) is 2.20. The number of anilines is 1. The van der Waals surface area contributed by atoms with Crippen LogP contribution in [0, 0.1) is 12.8 Å². The maximum Gasteiger partial charge on any atom is 0.312 e. The van der Waals surface area contributed by atoms with Gasteiger partial charge in [0.05, 0.1) is 0 Å². The normalized spacial score (nSPS) is 12.2. The average molecular weight is 239 g/mol. The van der Waals surface area contributed by atoms with Gasteiger partial charge >= 0.3 is 6.03 Å². The lowest BCUT2D eigenvalue weighted by Crippen LogP contribution is -2.49. The highest BCUT2D eigenvalue weighted by Crippen LogP contribution is 2.08. The van der Waals surface area contributed by atoms with Gasteiger partial charge in [0.1, 0.15) is 6.04 Å². The second kappa shape index (κ2) is 5.33. The Kier molecular flexibility index (Phi) is 4.08. The summed E-state index contributed by atoms with van der Waals surface area (Å²) in [5.74, 6) is 0.0114. The van der Waals surface area contributed by atoms with Crippen LogP contribution < -0.4 is 16.4 Å².